The van der Waals surface area contributed by atoms with Gasteiger partial charge in [0.1, 0.15) is 5.60 Å². The van der Waals surface area contributed by atoms with E-state index in [2.05, 4.69) is 5.32 Å². The molecule has 0 radical (unpaired) electrons. The average Bonchev–Trinajstić information content (AvgIpc) is 2.08. The van der Waals surface area contributed by atoms with Gasteiger partial charge in [-0.05, 0) is 20.8 Å². The third kappa shape index (κ3) is 3.85. The zero-order chi connectivity index (χ0) is 13.2. The third-order valence-electron chi connectivity index (χ3n) is 3.18. The maximum absolute atomic E-state index is 11.7. The lowest BCUT2D eigenvalue weighted by molar-refractivity contribution is -0.0323. The summed E-state index contributed by atoms with van der Waals surface area (Å²) in [4.78, 5) is 13.5. The topological polar surface area (TPSA) is 50.8 Å². The van der Waals surface area contributed by atoms with Crippen molar-refractivity contribution in [3.05, 3.63) is 0 Å². The normalized spacial score (nSPS) is 21.4. The van der Waals surface area contributed by atoms with Crippen LogP contribution in [0.5, 0.6) is 0 Å². The molecule has 0 atom stereocenters. The third-order valence-corrected chi connectivity index (χ3v) is 3.18. The van der Waals surface area contributed by atoms with Gasteiger partial charge in [-0.3, -0.25) is 0 Å². The number of amides is 1. The Balaban J connectivity index is 1.54. The first-order valence-corrected chi connectivity index (χ1v) is 6.70. The van der Waals surface area contributed by atoms with Gasteiger partial charge in [0.15, 0.2) is 0 Å². The second kappa shape index (κ2) is 5.45. The van der Waals surface area contributed by atoms with Gasteiger partial charge in [-0.2, -0.15) is 0 Å². The number of hydrogen-bond acceptors (Lipinski definition) is 4. The van der Waals surface area contributed by atoms with Crippen molar-refractivity contribution in [2.45, 2.75) is 26.4 Å². The van der Waals surface area contributed by atoms with Gasteiger partial charge in [-0.15, -0.1) is 0 Å². The first-order valence-electron chi connectivity index (χ1n) is 6.70. The molecule has 104 valence electrons. The summed E-state index contributed by atoms with van der Waals surface area (Å²) < 4.78 is 10.4. The first kappa shape index (κ1) is 13.6. The van der Waals surface area contributed by atoms with E-state index in [1.807, 2.05) is 20.8 Å². The summed E-state index contributed by atoms with van der Waals surface area (Å²) in [6, 6.07) is 0. The number of carbonyl (C=O) groups is 1. The lowest BCUT2D eigenvalue weighted by Crippen LogP contribution is -2.55. The number of hydrogen-bond donors (Lipinski definition) is 1. The minimum absolute atomic E-state index is 0.189. The zero-order valence-corrected chi connectivity index (χ0v) is 11.6. The highest BCUT2D eigenvalue weighted by Crippen LogP contribution is 2.19. The molecule has 5 heteroatoms. The van der Waals surface area contributed by atoms with Gasteiger partial charge in [0, 0.05) is 38.0 Å². The van der Waals surface area contributed by atoms with Gasteiger partial charge >= 0.3 is 6.09 Å². The van der Waals surface area contributed by atoms with E-state index in [-0.39, 0.29) is 6.09 Å². The number of nitrogens with zero attached hydrogens (tertiary/aromatic N) is 1. The van der Waals surface area contributed by atoms with Gasteiger partial charge < -0.3 is 19.7 Å². The van der Waals surface area contributed by atoms with Crippen LogP contribution in [0.4, 0.5) is 4.79 Å². The zero-order valence-electron chi connectivity index (χ0n) is 11.6. The molecular formula is C13H24N2O3. The van der Waals surface area contributed by atoms with Gasteiger partial charge in [-0.25, -0.2) is 4.79 Å². The Bertz CT molecular complexity index is 291. The molecule has 0 spiro atoms. The molecule has 5 nitrogen and oxygen atoms in total. The maximum Gasteiger partial charge on any atom is 0.410 e. The summed E-state index contributed by atoms with van der Waals surface area (Å²) in [7, 11) is 0. The Hall–Kier alpha value is -0.810. The van der Waals surface area contributed by atoms with Crippen molar-refractivity contribution < 1.29 is 14.3 Å². The van der Waals surface area contributed by atoms with Crippen molar-refractivity contribution in [2.24, 2.45) is 11.8 Å². The van der Waals surface area contributed by atoms with E-state index in [0.29, 0.717) is 11.8 Å². The minimum atomic E-state index is -0.398. The van der Waals surface area contributed by atoms with Crippen molar-refractivity contribution in [1.29, 1.82) is 0 Å². The number of ether oxygens (including phenoxy) is 2. The molecule has 0 aromatic heterocycles. The molecule has 2 saturated heterocycles. The molecule has 0 bridgehead atoms. The highest BCUT2D eigenvalue weighted by molar-refractivity contribution is 5.69. The molecule has 2 aliphatic rings. The smallest absolute Gasteiger partial charge is 0.410 e. The monoisotopic (exact) mass is 256 g/mol. The minimum Gasteiger partial charge on any atom is -0.444 e. The van der Waals surface area contributed by atoms with Crippen molar-refractivity contribution in [2.75, 3.05) is 39.4 Å². The summed E-state index contributed by atoms with van der Waals surface area (Å²) >= 11 is 0. The van der Waals surface area contributed by atoms with E-state index >= 15 is 0 Å². The standard InChI is InChI=1S/C13H24N2O3/c1-13(2,3)18-12(16)15-6-10(7-15)4-14-5-11-8-17-9-11/h10-11,14H,4-9H2,1-3H3. The van der Waals surface area contributed by atoms with E-state index in [0.717, 1.165) is 39.4 Å². The Morgan fingerprint density at radius 2 is 1.89 bits per heavy atom. The molecule has 0 aromatic rings. The molecule has 0 aliphatic carbocycles. The quantitative estimate of drug-likeness (QED) is 0.818. The highest BCUT2D eigenvalue weighted by Gasteiger charge is 2.33. The number of likely N-dealkylation sites (tertiary alicyclic amines) is 1. The van der Waals surface area contributed by atoms with Gasteiger partial charge in [0.05, 0.1) is 13.2 Å². The number of rotatable bonds is 4. The van der Waals surface area contributed by atoms with Crippen LogP contribution >= 0.6 is 0 Å². The lowest BCUT2D eigenvalue weighted by Gasteiger charge is -2.40. The molecule has 1 N–H and O–H groups in total. The number of carbonyl (C=O) groups excluding carboxylic acids is 1. The highest BCUT2D eigenvalue weighted by atomic mass is 16.6. The second-order valence-corrected chi connectivity index (χ2v) is 6.31. The van der Waals surface area contributed by atoms with Crippen LogP contribution in [0.15, 0.2) is 0 Å². The van der Waals surface area contributed by atoms with Crippen LogP contribution in [0.25, 0.3) is 0 Å². The lowest BCUT2D eigenvalue weighted by atomic mass is 10.0. The van der Waals surface area contributed by atoms with E-state index in [9.17, 15) is 4.79 Å². The Kier molecular flexibility index (Phi) is 4.12. The van der Waals surface area contributed by atoms with Crippen molar-refractivity contribution >= 4 is 6.09 Å². The molecule has 2 fully saturated rings. The fourth-order valence-corrected chi connectivity index (χ4v) is 2.07. The largest absolute Gasteiger partial charge is 0.444 e. The van der Waals surface area contributed by atoms with Crippen LogP contribution in [-0.4, -0.2) is 56.0 Å². The fraction of sp³-hybridized carbons (Fsp3) is 0.923. The first-order chi connectivity index (χ1) is 8.44. The summed E-state index contributed by atoms with van der Waals surface area (Å²) in [6.07, 6.45) is -0.189. The van der Waals surface area contributed by atoms with Crippen LogP contribution in [0.3, 0.4) is 0 Å². The van der Waals surface area contributed by atoms with E-state index in [4.69, 9.17) is 9.47 Å². The van der Waals surface area contributed by atoms with Crippen molar-refractivity contribution in [3.63, 3.8) is 0 Å². The molecule has 1 amide bonds. The molecule has 2 aliphatic heterocycles. The summed E-state index contributed by atoms with van der Waals surface area (Å²) in [5.41, 5.74) is -0.398. The molecule has 2 heterocycles. The van der Waals surface area contributed by atoms with Crippen molar-refractivity contribution in [1.82, 2.24) is 10.2 Å². The van der Waals surface area contributed by atoms with E-state index in [1.54, 1.807) is 4.90 Å². The summed E-state index contributed by atoms with van der Waals surface area (Å²) in [5.74, 6) is 1.26. The number of nitrogens with one attached hydrogen (secondary N) is 1. The maximum atomic E-state index is 11.7. The van der Waals surface area contributed by atoms with Crippen LogP contribution in [0.2, 0.25) is 0 Å². The summed E-state index contributed by atoms with van der Waals surface area (Å²) in [6.45, 7) is 11.1. The molecule has 18 heavy (non-hydrogen) atoms. The predicted molar refractivity (Wildman–Crippen MR) is 68.5 cm³/mol. The Morgan fingerprint density at radius 1 is 1.28 bits per heavy atom. The van der Waals surface area contributed by atoms with Gasteiger partial charge in [0.2, 0.25) is 0 Å². The SMILES string of the molecule is CC(C)(C)OC(=O)N1CC(CNCC2COC2)C1. The van der Waals surface area contributed by atoms with Crippen LogP contribution < -0.4 is 5.32 Å². The van der Waals surface area contributed by atoms with Gasteiger partial charge in [-0.1, -0.05) is 0 Å². The second-order valence-electron chi connectivity index (χ2n) is 6.31. The van der Waals surface area contributed by atoms with Crippen molar-refractivity contribution in [3.8, 4) is 0 Å². The van der Waals surface area contributed by atoms with E-state index < -0.39 is 5.60 Å². The van der Waals surface area contributed by atoms with Crippen LogP contribution in [0.1, 0.15) is 20.8 Å². The molecule has 0 unspecified atom stereocenters. The van der Waals surface area contributed by atoms with Crippen LogP contribution in [0, 0.1) is 11.8 Å². The summed E-state index contributed by atoms with van der Waals surface area (Å²) in [5, 5.41) is 3.44. The molecule has 0 aromatic carbocycles. The molecular weight excluding hydrogens is 232 g/mol. The molecule has 2 rings (SSSR count). The van der Waals surface area contributed by atoms with Gasteiger partial charge in [0.25, 0.3) is 0 Å². The average molecular weight is 256 g/mol. The Labute approximate surface area is 109 Å². The Morgan fingerprint density at radius 3 is 2.39 bits per heavy atom. The van der Waals surface area contributed by atoms with Crippen LogP contribution in [-0.2, 0) is 9.47 Å². The molecule has 0 saturated carbocycles. The predicted octanol–water partition coefficient (Wildman–Crippen LogP) is 1.09. The fourth-order valence-electron chi connectivity index (χ4n) is 2.07. The van der Waals surface area contributed by atoms with E-state index in [1.165, 1.54) is 0 Å².